The minimum atomic E-state index is -3.92. The molecule has 1 fully saturated rings. The lowest BCUT2D eigenvalue weighted by Gasteiger charge is -2.26. The summed E-state index contributed by atoms with van der Waals surface area (Å²) in [4.78, 5) is 92.7. The second kappa shape index (κ2) is 34.9. The molecule has 3 aromatic heterocycles. The molecule has 1 aliphatic rings. The number of hydrogen-bond acceptors (Lipinski definition) is 17. The van der Waals surface area contributed by atoms with E-state index < -0.39 is 45.7 Å². The maximum Gasteiger partial charge on any atom is 0.407 e. The number of carbonyl (C=O) groups is 3. The Labute approximate surface area is 547 Å². The van der Waals surface area contributed by atoms with E-state index in [0.717, 1.165) is 16.9 Å². The van der Waals surface area contributed by atoms with Crippen LogP contribution in [0.4, 0.5) is 16.2 Å². The minimum absolute atomic E-state index is 0.00693. The van der Waals surface area contributed by atoms with Gasteiger partial charge in [-0.25, -0.2) is 19.7 Å². The second-order valence-corrected chi connectivity index (χ2v) is 30.8. The van der Waals surface area contributed by atoms with E-state index in [-0.39, 0.29) is 62.0 Å². The smallest absolute Gasteiger partial charge is 0.407 e. The Kier molecular flexibility index (Phi) is 28.1. The van der Waals surface area contributed by atoms with Crippen LogP contribution in [0.1, 0.15) is 125 Å². The highest BCUT2D eigenvalue weighted by atomic mass is 31.2. The fourth-order valence-corrected chi connectivity index (χ4v) is 12.4. The van der Waals surface area contributed by atoms with E-state index in [4.69, 9.17) is 39.4 Å². The molecule has 5 aromatic rings. The first-order chi connectivity index (χ1) is 43.9. The highest BCUT2D eigenvalue weighted by molar-refractivity contribution is 7.65. The molecule has 3 atom stereocenters. The van der Waals surface area contributed by atoms with E-state index in [1.165, 1.54) is 32.1 Å². The molecule has 2 aromatic carbocycles. The molecular formula is C67H92N9O14P3. The first-order valence-corrected chi connectivity index (χ1v) is 37.8. The van der Waals surface area contributed by atoms with Crippen LogP contribution in [-0.2, 0) is 54.1 Å². The van der Waals surface area contributed by atoms with Gasteiger partial charge >= 0.3 is 18.0 Å². The van der Waals surface area contributed by atoms with Crippen LogP contribution < -0.4 is 40.9 Å². The number of nitrogens with zero attached hydrogens (tertiary/aromatic N) is 8. The molecule has 6 N–H and O–H groups in total. The van der Waals surface area contributed by atoms with Gasteiger partial charge in [0.1, 0.15) is 33.4 Å². The summed E-state index contributed by atoms with van der Waals surface area (Å²) in [6.07, 6.45) is 1.11. The average Bonchev–Trinajstić information content (AvgIpc) is 1.19. The lowest BCUT2D eigenvalue weighted by Crippen LogP contribution is -2.36. The fraction of sp³-hybridized carbons (Fsp3) is 0.493. The number of nitrogens with one attached hydrogen (secondary N) is 1. The van der Waals surface area contributed by atoms with E-state index in [2.05, 4.69) is 53.5 Å². The summed E-state index contributed by atoms with van der Waals surface area (Å²) in [6.45, 7) is 24.4. The standard InChI is InChI=1S/C67H92N9O14P3/c1-11-75(12-2)57-41-49(25-27-59(57)88-36-16-19-64(77)78)21-23-52-39-55(70-62(44-52)92(9,84)85)47-73-32-30-72(46-54-38-51(43-61(69-54)91(8,82)83)18-15-29-68-66(81)90-67(5,6)7)31-33-74(35-34-73)48-56-40-53(45-63(71-56)93(10,86)87)24-22-50-26-28-60(89-37-17-20-65(79)80)58(42-50)76(13-3)14-4/h25-28,38-45H,11-20,29-37,46-48H2,1-10H3,(H,68,81)(H,77,78)(H,79,80)(H,82,83)(H,84,85)(H,86,87). The van der Waals surface area contributed by atoms with E-state index in [1.807, 2.05) is 82.3 Å². The number of carboxylic acids is 2. The number of aryl methyl sites for hydroxylation is 1. The van der Waals surface area contributed by atoms with E-state index in [0.29, 0.717) is 149 Å². The Morgan fingerprint density at radius 2 is 0.903 bits per heavy atom. The summed E-state index contributed by atoms with van der Waals surface area (Å²) in [5, 5.41) is 21.1. The molecule has 26 heteroatoms. The first-order valence-electron chi connectivity index (χ1n) is 31.5. The van der Waals surface area contributed by atoms with E-state index >= 15 is 0 Å². The van der Waals surface area contributed by atoms with Crippen LogP contribution in [0, 0.1) is 23.7 Å². The lowest BCUT2D eigenvalue weighted by atomic mass is 10.1. The quantitative estimate of drug-likeness (QED) is 0.0152. The van der Waals surface area contributed by atoms with Gasteiger partial charge in [-0.2, -0.15) is 0 Å². The molecule has 0 bridgehead atoms. The van der Waals surface area contributed by atoms with Crippen LogP contribution >= 0.6 is 22.1 Å². The van der Waals surface area contributed by atoms with Gasteiger partial charge in [0.15, 0.2) is 0 Å². The molecule has 504 valence electrons. The normalized spacial score (nSPS) is 15.2. The molecule has 0 spiro atoms. The Bertz CT molecular complexity index is 3480. The van der Waals surface area contributed by atoms with Crippen LogP contribution in [0.2, 0.25) is 0 Å². The topological polar surface area (TPSA) is 298 Å². The van der Waals surface area contributed by atoms with Crippen molar-refractivity contribution >= 4 is 67.8 Å². The molecule has 1 saturated heterocycles. The van der Waals surface area contributed by atoms with Crippen LogP contribution in [0.3, 0.4) is 0 Å². The number of anilines is 2. The number of carbonyl (C=O) groups excluding carboxylic acids is 1. The third-order valence-corrected chi connectivity index (χ3v) is 18.2. The van der Waals surface area contributed by atoms with Gasteiger partial charge in [-0.1, -0.05) is 23.7 Å². The van der Waals surface area contributed by atoms with Crippen molar-refractivity contribution in [2.75, 3.05) is 115 Å². The zero-order valence-electron chi connectivity index (χ0n) is 55.3. The SMILES string of the molecule is CCN(CC)c1cc(C#Cc2cc(CN3CCN(Cc4cc(C#Cc5ccc(OCCCC(=O)O)c(N(CC)CC)c5)cc(P(C)(=O)O)n4)CCN(Cc4cc(CCCNC(=O)OC(C)(C)C)cc(P(C)(=O)O)n4)CC3)nc(P(C)(=O)O)c2)ccc1OCCCC(=O)O. The molecule has 93 heavy (non-hydrogen) atoms. The summed E-state index contributed by atoms with van der Waals surface area (Å²) in [5.74, 6) is 12.3. The number of alkyl carbamates (subject to hydrolysis) is 1. The van der Waals surface area contributed by atoms with Crippen molar-refractivity contribution in [3.8, 4) is 35.2 Å². The number of hydrogen-bond donors (Lipinski definition) is 6. The Hall–Kier alpha value is -7.13. The zero-order chi connectivity index (χ0) is 68.1. The predicted octanol–water partition coefficient (Wildman–Crippen LogP) is 7.70. The van der Waals surface area contributed by atoms with Crippen molar-refractivity contribution in [3.63, 3.8) is 0 Å². The maximum absolute atomic E-state index is 13.5. The Morgan fingerprint density at radius 3 is 1.26 bits per heavy atom. The van der Waals surface area contributed by atoms with Crippen molar-refractivity contribution in [1.29, 1.82) is 0 Å². The third-order valence-electron chi connectivity index (χ3n) is 15.0. The molecule has 0 saturated carbocycles. The number of benzene rings is 2. The van der Waals surface area contributed by atoms with Gasteiger partial charge in [0.05, 0.1) is 41.7 Å². The number of ether oxygens (including phenoxy) is 3. The molecule has 4 heterocycles. The molecule has 0 aliphatic carbocycles. The lowest BCUT2D eigenvalue weighted by molar-refractivity contribution is -0.138. The van der Waals surface area contributed by atoms with Crippen LogP contribution in [0.25, 0.3) is 0 Å². The van der Waals surface area contributed by atoms with Crippen molar-refractivity contribution in [3.05, 3.63) is 118 Å². The van der Waals surface area contributed by atoms with Gasteiger partial charge in [-0.15, -0.1) is 0 Å². The number of aliphatic carboxylic acids is 2. The van der Waals surface area contributed by atoms with Crippen LogP contribution in [0.5, 0.6) is 11.5 Å². The second-order valence-electron chi connectivity index (χ2n) is 24.1. The summed E-state index contributed by atoms with van der Waals surface area (Å²) < 4.78 is 57.8. The zero-order valence-corrected chi connectivity index (χ0v) is 58.0. The first kappa shape index (κ1) is 74.9. The van der Waals surface area contributed by atoms with Crippen molar-refractivity contribution in [2.45, 2.75) is 112 Å². The maximum atomic E-state index is 13.5. The molecule has 23 nitrogen and oxygen atoms in total. The van der Waals surface area contributed by atoms with E-state index in [9.17, 15) is 42.8 Å². The van der Waals surface area contributed by atoms with Crippen LogP contribution in [0.15, 0.2) is 72.8 Å². The average molecular weight is 1340 g/mol. The number of rotatable bonds is 29. The molecule has 0 radical (unpaired) electrons. The molecular weight excluding hydrogens is 1250 g/mol. The summed E-state index contributed by atoms with van der Waals surface area (Å²) in [6, 6.07) is 21.3. The highest BCUT2D eigenvalue weighted by Gasteiger charge is 2.26. The molecule has 1 amide bonds. The molecule has 1 aliphatic heterocycles. The fourth-order valence-electron chi connectivity index (χ4n) is 10.2. The predicted molar refractivity (Wildman–Crippen MR) is 364 cm³/mol. The van der Waals surface area contributed by atoms with Gasteiger partial charge in [0.25, 0.3) is 0 Å². The van der Waals surface area contributed by atoms with Crippen molar-refractivity contribution in [1.82, 2.24) is 35.0 Å². The molecule has 3 unspecified atom stereocenters. The van der Waals surface area contributed by atoms with Crippen molar-refractivity contribution < 1.29 is 67.2 Å². The largest absolute Gasteiger partial charge is 0.491 e. The number of aromatic nitrogens is 3. The monoisotopic (exact) mass is 1340 g/mol. The number of amides is 1. The van der Waals surface area contributed by atoms with Gasteiger partial charge in [0, 0.05) is 147 Å². The molecule has 6 rings (SSSR count). The van der Waals surface area contributed by atoms with E-state index in [1.54, 1.807) is 26.8 Å². The highest BCUT2D eigenvalue weighted by Crippen LogP contribution is 2.36. The summed E-state index contributed by atoms with van der Waals surface area (Å²) in [7, 11) is -11.7. The Balaban J connectivity index is 1.35. The van der Waals surface area contributed by atoms with Gasteiger partial charge in [0.2, 0.25) is 22.1 Å². The third kappa shape index (κ3) is 25.3. The summed E-state index contributed by atoms with van der Waals surface area (Å²) >= 11 is 0. The van der Waals surface area contributed by atoms with Gasteiger partial charge < -0.3 is 54.2 Å². The minimum Gasteiger partial charge on any atom is -0.491 e. The number of pyridine rings is 3. The van der Waals surface area contributed by atoms with Gasteiger partial charge in [-0.05, 0) is 153 Å². The van der Waals surface area contributed by atoms with Crippen molar-refractivity contribution in [2.24, 2.45) is 0 Å². The summed E-state index contributed by atoms with van der Waals surface area (Å²) in [5.41, 5.74) is 5.60. The van der Waals surface area contributed by atoms with Gasteiger partial charge in [-0.3, -0.25) is 38.0 Å². The van der Waals surface area contributed by atoms with Crippen LogP contribution in [-0.4, -0.2) is 183 Å². The Morgan fingerprint density at radius 1 is 0.538 bits per heavy atom. The number of carboxylic acid groups (broad SMARTS) is 2.